The SMILES string of the molecule is O=C(O)CCC1CCCCN1C(=O)c1cccc(C(F)(F)F)c1F. The summed E-state index contributed by atoms with van der Waals surface area (Å²) in [5.41, 5.74) is -2.11. The van der Waals surface area contributed by atoms with Crippen LogP contribution in [0, 0.1) is 5.82 Å². The Bertz CT molecular complexity index is 630. The Morgan fingerprint density at radius 3 is 2.58 bits per heavy atom. The van der Waals surface area contributed by atoms with Crippen LogP contribution in [0.2, 0.25) is 0 Å². The van der Waals surface area contributed by atoms with Crippen LogP contribution in [0.15, 0.2) is 18.2 Å². The molecule has 1 unspecified atom stereocenters. The number of hydrogen-bond acceptors (Lipinski definition) is 2. The van der Waals surface area contributed by atoms with Gasteiger partial charge in [-0.15, -0.1) is 0 Å². The molecule has 1 heterocycles. The van der Waals surface area contributed by atoms with Crippen molar-refractivity contribution in [2.24, 2.45) is 0 Å². The number of carbonyl (C=O) groups excluding carboxylic acids is 1. The highest BCUT2D eigenvalue weighted by atomic mass is 19.4. The van der Waals surface area contributed by atoms with Gasteiger partial charge in [-0.3, -0.25) is 9.59 Å². The Morgan fingerprint density at radius 1 is 1.25 bits per heavy atom. The number of halogens is 4. The first-order chi connectivity index (χ1) is 11.2. The van der Waals surface area contributed by atoms with Gasteiger partial charge in [-0.25, -0.2) is 4.39 Å². The molecule has 0 saturated carbocycles. The predicted molar refractivity (Wildman–Crippen MR) is 76.9 cm³/mol. The molecule has 1 atom stereocenters. The summed E-state index contributed by atoms with van der Waals surface area (Å²) in [7, 11) is 0. The topological polar surface area (TPSA) is 57.6 Å². The quantitative estimate of drug-likeness (QED) is 0.845. The van der Waals surface area contributed by atoms with Crippen LogP contribution in [0.3, 0.4) is 0 Å². The minimum absolute atomic E-state index is 0.153. The lowest BCUT2D eigenvalue weighted by molar-refractivity contribution is -0.140. The molecule has 1 saturated heterocycles. The first-order valence-electron chi connectivity index (χ1n) is 7.60. The summed E-state index contributed by atoms with van der Waals surface area (Å²) in [4.78, 5) is 24.5. The smallest absolute Gasteiger partial charge is 0.419 e. The van der Waals surface area contributed by atoms with E-state index in [1.807, 2.05) is 0 Å². The van der Waals surface area contributed by atoms with Gasteiger partial charge < -0.3 is 10.0 Å². The van der Waals surface area contributed by atoms with Crippen LogP contribution in [-0.2, 0) is 11.0 Å². The van der Waals surface area contributed by atoms with Crippen LogP contribution in [0.1, 0.15) is 48.0 Å². The highest BCUT2D eigenvalue weighted by Gasteiger charge is 2.37. The van der Waals surface area contributed by atoms with Gasteiger partial charge in [0.15, 0.2) is 0 Å². The number of hydrogen-bond donors (Lipinski definition) is 1. The number of benzene rings is 1. The Balaban J connectivity index is 2.27. The van der Waals surface area contributed by atoms with Crippen molar-refractivity contribution < 1.29 is 32.3 Å². The lowest BCUT2D eigenvalue weighted by Gasteiger charge is -2.36. The van der Waals surface area contributed by atoms with Crippen molar-refractivity contribution in [2.75, 3.05) is 6.54 Å². The highest BCUT2D eigenvalue weighted by molar-refractivity contribution is 5.95. The number of rotatable bonds is 4. The Morgan fingerprint density at radius 2 is 1.96 bits per heavy atom. The van der Waals surface area contributed by atoms with Gasteiger partial charge in [0.1, 0.15) is 5.82 Å². The highest BCUT2D eigenvalue weighted by Crippen LogP contribution is 2.33. The number of carboxylic acid groups (broad SMARTS) is 1. The fourth-order valence-corrected chi connectivity index (χ4v) is 2.93. The molecule has 8 heteroatoms. The molecule has 24 heavy (non-hydrogen) atoms. The van der Waals surface area contributed by atoms with E-state index in [0.29, 0.717) is 18.9 Å². The van der Waals surface area contributed by atoms with Crippen LogP contribution in [0.4, 0.5) is 17.6 Å². The van der Waals surface area contributed by atoms with E-state index >= 15 is 0 Å². The number of alkyl halides is 3. The van der Waals surface area contributed by atoms with Crippen LogP contribution in [-0.4, -0.2) is 34.5 Å². The third-order valence-electron chi connectivity index (χ3n) is 4.11. The molecule has 0 bridgehead atoms. The number of amides is 1. The van der Waals surface area contributed by atoms with Crippen molar-refractivity contribution in [3.05, 3.63) is 35.1 Å². The lowest BCUT2D eigenvalue weighted by Crippen LogP contribution is -2.44. The van der Waals surface area contributed by atoms with E-state index in [4.69, 9.17) is 5.11 Å². The van der Waals surface area contributed by atoms with Crippen molar-refractivity contribution in [1.82, 2.24) is 4.90 Å². The molecule has 2 rings (SSSR count). The molecule has 0 radical (unpaired) electrons. The molecule has 1 amide bonds. The van der Waals surface area contributed by atoms with E-state index in [1.54, 1.807) is 0 Å². The number of likely N-dealkylation sites (tertiary alicyclic amines) is 1. The third kappa shape index (κ3) is 4.04. The van der Waals surface area contributed by atoms with Crippen molar-refractivity contribution >= 4 is 11.9 Å². The first kappa shape index (κ1) is 18.2. The maximum absolute atomic E-state index is 14.2. The van der Waals surface area contributed by atoms with Gasteiger partial charge >= 0.3 is 12.1 Å². The summed E-state index contributed by atoms with van der Waals surface area (Å²) < 4.78 is 52.5. The number of aliphatic carboxylic acids is 1. The molecule has 0 aliphatic carbocycles. The van der Waals surface area contributed by atoms with Crippen molar-refractivity contribution in [1.29, 1.82) is 0 Å². The van der Waals surface area contributed by atoms with E-state index in [0.717, 1.165) is 18.6 Å². The van der Waals surface area contributed by atoms with Gasteiger partial charge in [0.25, 0.3) is 5.91 Å². The van der Waals surface area contributed by atoms with E-state index in [-0.39, 0.29) is 19.4 Å². The van der Waals surface area contributed by atoms with Crippen LogP contribution in [0.25, 0.3) is 0 Å². The fraction of sp³-hybridized carbons (Fsp3) is 0.500. The maximum Gasteiger partial charge on any atom is 0.419 e. The normalized spacial score (nSPS) is 18.5. The van der Waals surface area contributed by atoms with E-state index in [9.17, 15) is 27.2 Å². The maximum atomic E-state index is 14.2. The van der Waals surface area contributed by atoms with Crippen LogP contribution >= 0.6 is 0 Å². The zero-order valence-corrected chi connectivity index (χ0v) is 12.8. The number of piperidine rings is 1. The Hall–Kier alpha value is -2.12. The van der Waals surface area contributed by atoms with E-state index in [2.05, 4.69) is 0 Å². The lowest BCUT2D eigenvalue weighted by atomic mass is 9.96. The molecule has 0 aromatic heterocycles. The predicted octanol–water partition coefficient (Wildman–Crippen LogP) is 3.70. The molecule has 1 aliphatic heterocycles. The van der Waals surface area contributed by atoms with Gasteiger partial charge in [-0.05, 0) is 37.8 Å². The van der Waals surface area contributed by atoms with E-state index < -0.39 is 41.0 Å². The zero-order chi connectivity index (χ0) is 17.9. The summed E-state index contributed by atoms with van der Waals surface area (Å²) in [6.07, 6.45) is -2.85. The third-order valence-corrected chi connectivity index (χ3v) is 4.11. The van der Waals surface area contributed by atoms with Crippen molar-refractivity contribution in [3.8, 4) is 0 Å². The molecular formula is C16H17F4NO3. The molecule has 4 nitrogen and oxygen atoms in total. The van der Waals surface area contributed by atoms with E-state index in [1.165, 1.54) is 4.90 Å². The largest absolute Gasteiger partial charge is 0.481 e. The average molecular weight is 347 g/mol. The Kier molecular flexibility index (Phi) is 5.46. The van der Waals surface area contributed by atoms with Crippen LogP contribution in [0.5, 0.6) is 0 Å². The molecule has 1 fully saturated rings. The van der Waals surface area contributed by atoms with Gasteiger partial charge in [0.05, 0.1) is 11.1 Å². The summed E-state index contributed by atoms with van der Waals surface area (Å²) in [6, 6.07) is 2.20. The molecule has 1 N–H and O–H groups in total. The zero-order valence-electron chi connectivity index (χ0n) is 12.8. The second-order valence-corrected chi connectivity index (χ2v) is 5.75. The molecular weight excluding hydrogens is 330 g/mol. The van der Waals surface area contributed by atoms with Crippen molar-refractivity contribution in [3.63, 3.8) is 0 Å². The Labute approximate surface area is 136 Å². The van der Waals surface area contributed by atoms with Gasteiger partial charge in [0, 0.05) is 19.0 Å². The molecule has 0 spiro atoms. The van der Waals surface area contributed by atoms with Gasteiger partial charge in [-0.1, -0.05) is 6.07 Å². The molecule has 1 aliphatic rings. The standard InChI is InChI=1S/C16H17F4NO3/c17-14-11(5-3-6-12(14)16(18,19)20)15(24)21-9-2-1-4-10(21)7-8-13(22)23/h3,5-6,10H,1-2,4,7-9H2,(H,22,23). The summed E-state index contributed by atoms with van der Waals surface area (Å²) in [5, 5.41) is 8.77. The second kappa shape index (κ2) is 7.19. The minimum Gasteiger partial charge on any atom is -0.481 e. The minimum atomic E-state index is -4.88. The first-order valence-corrected chi connectivity index (χ1v) is 7.60. The number of carboxylic acids is 1. The van der Waals surface area contributed by atoms with Crippen molar-refractivity contribution in [2.45, 2.75) is 44.3 Å². The molecule has 132 valence electrons. The summed E-state index contributed by atoms with van der Waals surface area (Å²) >= 11 is 0. The summed E-state index contributed by atoms with van der Waals surface area (Å²) in [5.74, 6) is -3.43. The number of nitrogens with zero attached hydrogens (tertiary/aromatic N) is 1. The monoisotopic (exact) mass is 347 g/mol. The van der Waals surface area contributed by atoms with Gasteiger partial charge in [-0.2, -0.15) is 13.2 Å². The molecule has 1 aromatic carbocycles. The second-order valence-electron chi connectivity index (χ2n) is 5.75. The van der Waals surface area contributed by atoms with Gasteiger partial charge in [0.2, 0.25) is 0 Å². The fourth-order valence-electron chi connectivity index (χ4n) is 2.93. The molecule has 1 aromatic rings. The van der Waals surface area contributed by atoms with Crippen LogP contribution < -0.4 is 0 Å². The average Bonchev–Trinajstić information content (AvgIpc) is 2.51. The number of carbonyl (C=O) groups is 2. The summed E-state index contributed by atoms with van der Waals surface area (Å²) in [6.45, 7) is 0.277.